The number of piperidine rings is 1. The van der Waals surface area contributed by atoms with Crippen LogP contribution in [0.25, 0.3) is 5.70 Å². The highest BCUT2D eigenvalue weighted by molar-refractivity contribution is 7.86. The van der Waals surface area contributed by atoms with Gasteiger partial charge in [-0.2, -0.15) is 8.42 Å². The number of para-hydroxylation sites is 1. The normalized spacial score (nSPS) is 17.4. The van der Waals surface area contributed by atoms with Gasteiger partial charge in [0.25, 0.3) is 0 Å². The van der Waals surface area contributed by atoms with Gasteiger partial charge in [0, 0.05) is 31.5 Å². The van der Waals surface area contributed by atoms with Crippen LogP contribution in [0, 0.1) is 6.92 Å². The summed E-state index contributed by atoms with van der Waals surface area (Å²) in [6, 6.07) is 13.8. The lowest BCUT2D eigenvalue weighted by molar-refractivity contribution is -0.00156. The van der Waals surface area contributed by atoms with E-state index >= 15 is 0 Å². The second kappa shape index (κ2) is 8.96. The van der Waals surface area contributed by atoms with Crippen LogP contribution in [0.3, 0.4) is 0 Å². The van der Waals surface area contributed by atoms with E-state index in [-0.39, 0.29) is 11.0 Å². The van der Waals surface area contributed by atoms with Gasteiger partial charge in [0.1, 0.15) is 17.0 Å². The van der Waals surface area contributed by atoms with Crippen molar-refractivity contribution >= 4 is 21.9 Å². The molecule has 1 N–H and O–H groups in total. The number of amides is 1. The molecular weight excluding hydrogens is 456 g/mol. The molecule has 2 aromatic carbocycles. The first-order chi connectivity index (χ1) is 16.0. The minimum absolute atomic E-state index is 0.0620. The highest BCUT2D eigenvalue weighted by Crippen LogP contribution is 2.40. The molecule has 2 aliphatic rings. The maximum absolute atomic E-state index is 12.7. The summed E-state index contributed by atoms with van der Waals surface area (Å²) >= 11 is 0. The Morgan fingerprint density at radius 2 is 1.71 bits per heavy atom. The Bertz CT molecular complexity index is 1190. The van der Waals surface area contributed by atoms with Crippen molar-refractivity contribution in [3.63, 3.8) is 0 Å². The number of carbonyl (C=O) groups is 1. The first kappa shape index (κ1) is 24.1. The Hall–Kier alpha value is -3.04. The number of carbonyl (C=O) groups excluding carboxylic acids is 1. The number of nitrogens with zero attached hydrogens (tertiary/aromatic N) is 1. The van der Waals surface area contributed by atoms with Crippen molar-refractivity contribution in [2.75, 3.05) is 13.1 Å². The quantitative estimate of drug-likeness (QED) is 0.640. The molecule has 0 radical (unpaired) electrons. The van der Waals surface area contributed by atoms with Crippen LogP contribution in [-0.4, -0.2) is 43.7 Å². The summed E-state index contributed by atoms with van der Waals surface area (Å²) in [6.07, 6.45) is 2.55. The van der Waals surface area contributed by atoms with E-state index in [4.69, 9.17) is 13.8 Å². The van der Waals surface area contributed by atoms with Crippen LogP contribution in [0.2, 0.25) is 0 Å². The van der Waals surface area contributed by atoms with Gasteiger partial charge in [-0.1, -0.05) is 29.8 Å². The van der Waals surface area contributed by atoms with Crippen molar-refractivity contribution in [2.45, 2.75) is 56.6 Å². The molecule has 2 aliphatic heterocycles. The molecule has 2 heterocycles. The average Bonchev–Trinajstić information content (AvgIpc) is 2.77. The molecule has 0 unspecified atom stereocenters. The molecule has 4 rings (SSSR count). The molecule has 0 bridgehead atoms. The Morgan fingerprint density at radius 3 is 2.35 bits per heavy atom. The Labute approximate surface area is 200 Å². The topological polar surface area (TPSA) is 94.2 Å². The number of fused-ring (bicyclic) bond motifs is 1. The lowest BCUT2D eigenvalue weighted by Gasteiger charge is -2.42. The molecule has 8 nitrogen and oxygen atoms in total. The van der Waals surface area contributed by atoms with Crippen molar-refractivity contribution in [2.24, 2.45) is 0 Å². The molecule has 0 aromatic heterocycles. The Balaban J connectivity index is 1.53. The van der Waals surface area contributed by atoms with Gasteiger partial charge in [0.05, 0.1) is 10.6 Å². The van der Waals surface area contributed by atoms with Gasteiger partial charge in [0.2, 0.25) is 0 Å². The fourth-order valence-electron chi connectivity index (χ4n) is 3.95. The van der Waals surface area contributed by atoms with Crippen molar-refractivity contribution < 1.29 is 27.0 Å². The van der Waals surface area contributed by atoms with E-state index in [2.05, 4.69) is 5.48 Å². The van der Waals surface area contributed by atoms with Crippen molar-refractivity contribution in [1.29, 1.82) is 0 Å². The van der Waals surface area contributed by atoms with E-state index in [1.165, 1.54) is 12.1 Å². The van der Waals surface area contributed by atoms with Gasteiger partial charge in [0.15, 0.2) is 0 Å². The van der Waals surface area contributed by atoms with Crippen LogP contribution in [0.4, 0.5) is 4.79 Å². The third-order valence-electron chi connectivity index (χ3n) is 5.73. The molecule has 2 aromatic rings. The molecule has 182 valence electrons. The van der Waals surface area contributed by atoms with E-state index in [1.54, 1.807) is 17.0 Å². The van der Waals surface area contributed by atoms with Crippen LogP contribution in [0.1, 0.15) is 44.7 Å². The largest absolute Gasteiger partial charge is 0.482 e. The van der Waals surface area contributed by atoms with E-state index in [1.807, 2.05) is 58.0 Å². The van der Waals surface area contributed by atoms with Crippen molar-refractivity contribution in [1.82, 2.24) is 10.4 Å². The highest BCUT2D eigenvalue weighted by atomic mass is 32.2. The van der Waals surface area contributed by atoms with Crippen LogP contribution >= 0.6 is 0 Å². The molecule has 0 atom stereocenters. The second-order valence-corrected chi connectivity index (χ2v) is 11.2. The van der Waals surface area contributed by atoms with Crippen LogP contribution in [-0.2, 0) is 19.1 Å². The van der Waals surface area contributed by atoms with Gasteiger partial charge in [-0.3, -0.25) is 0 Å². The Morgan fingerprint density at radius 1 is 1.06 bits per heavy atom. The fraction of sp³-hybridized carbons (Fsp3) is 0.400. The summed E-state index contributed by atoms with van der Waals surface area (Å²) in [5, 5.41) is 0. The number of likely N-dealkylation sites (tertiary alicyclic amines) is 1. The maximum atomic E-state index is 12.7. The number of hydrogen-bond acceptors (Lipinski definition) is 7. The first-order valence-corrected chi connectivity index (χ1v) is 12.6. The van der Waals surface area contributed by atoms with E-state index < -0.39 is 21.3 Å². The summed E-state index contributed by atoms with van der Waals surface area (Å²) < 4.78 is 42.4. The van der Waals surface area contributed by atoms with Gasteiger partial charge in [-0.05, 0) is 58.0 Å². The minimum Gasteiger partial charge on any atom is -0.482 e. The minimum atomic E-state index is -4.02. The zero-order valence-electron chi connectivity index (χ0n) is 19.8. The average molecular weight is 487 g/mol. The third-order valence-corrected chi connectivity index (χ3v) is 6.88. The number of nitrogens with one attached hydrogen (secondary N) is 1. The number of hydrogen-bond donors (Lipinski definition) is 1. The van der Waals surface area contributed by atoms with Crippen LogP contribution in [0.15, 0.2) is 59.5 Å². The fourth-order valence-corrected chi connectivity index (χ4v) is 4.71. The molecule has 0 saturated carbocycles. The van der Waals surface area contributed by atoms with E-state index in [9.17, 15) is 13.2 Å². The summed E-state index contributed by atoms with van der Waals surface area (Å²) in [6.45, 7) is 8.29. The first-order valence-electron chi connectivity index (χ1n) is 11.2. The number of ether oxygens (including phenoxy) is 2. The lowest BCUT2D eigenvalue weighted by Crippen LogP contribution is -2.51. The SMILES string of the molecule is Cc1ccc(S(=O)(=O)ONC2=CC3(CCN(C(=O)OC(C)(C)C)CC3)Oc3ccccc32)cc1. The molecule has 1 amide bonds. The molecular formula is C25H30N2O6S. The van der Waals surface area contributed by atoms with Crippen molar-refractivity contribution in [3.05, 3.63) is 65.7 Å². The molecule has 34 heavy (non-hydrogen) atoms. The summed E-state index contributed by atoms with van der Waals surface area (Å²) in [5.74, 6) is 0.620. The van der Waals surface area contributed by atoms with Gasteiger partial charge in [-0.25, -0.2) is 10.3 Å². The molecule has 1 fully saturated rings. The van der Waals surface area contributed by atoms with Gasteiger partial charge >= 0.3 is 16.2 Å². The monoisotopic (exact) mass is 486 g/mol. The predicted molar refractivity (Wildman–Crippen MR) is 127 cm³/mol. The molecule has 0 aliphatic carbocycles. The van der Waals surface area contributed by atoms with Crippen LogP contribution < -0.4 is 10.2 Å². The zero-order valence-corrected chi connectivity index (χ0v) is 20.6. The van der Waals surface area contributed by atoms with Gasteiger partial charge in [-0.15, -0.1) is 4.28 Å². The number of rotatable bonds is 4. The summed E-state index contributed by atoms with van der Waals surface area (Å²) in [7, 11) is -4.02. The second-order valence-electron chi connectivity index (χ2n) is 9.64. The van der Waals surface area contributed by atoms with Gasteiger partial charge < -0.3 is 14.4 Å². The smallest absolute Gasteiger partial charge is 0.410 e. The molecule has 1 spiro atoms. The standard InChI is InChI=1S/C25H30N2O6S/c1-18-9-11-19(12-10-18)34(29,30)33-26-21-17-25(31-22-8-6-5-7-20(21)22)13-15-27(16-14-25)23(28)32-24(2,3)4/h5-12,17,26H,13-16H2,1-4H3. The van der Waals surface area contributed by atoms with E-state index in [0.29, 0.717) is 42.9 Å². The third kappa shape index (κ3) is 5.37. The number of aryl methyl sites for hydroxylation is 1. The maximum Gasteiger partial charge on any atom is 0.410 e. The number of benzene rings is 2. The highest BCUT2D eigenvalue weighted by Gasteiger charge is 2.41. The van der Waals surface area contributed by atoms with Crippen molar-refractivity contribution in [3.8, 4) is 5.75 Å². The molecule has 9 heteroatoms. The Kier molecular flexibility index (Phi) is 6.35. The summed E-state index contributed by atoms with van der Waals surface area (Å²) in [5.41, 5.74) is 3.54. The predicted octanol–water partition coefficient (Wildman–Crippen LogP) is 4.41. The summed E-state index contributed by atoms with van der Waals surface area (Å²) in [4.78, 5) is 14.2. The zero-order chi connectivity index (χ0) is 24.6. The van der Waals surface area contributed by atoms with Crippen LogP contribution in [0.5, 0.6) is 5.75 Å². The number of hydroxylamine groups is 1. The lowest BCUT2D eigenvalue weighted by atomic mass is 9.87. The molecule has 1 saturated heterocycles. The van der Waals surface area contributed by atoms with E-state index in [0.717, 1.165) is 5.56 Å².